The van der Waals surface area contributed by atoms with Crippen molar-refractivity contribution in [2.24, 2.45) is 0 Å². The van der Waals surface area contributed by atoms with Gasteiger partial charge in [0.1, 0.15) is 0 Å². The number of methoxy groups -OCH3 is 1. The number of nitrogens with one attached hydrogen (secondary N) is 1. The maximum atomic E-state index is 5.04. The van der Waals surface area contributed by atoms with Gasteiger partial charge < -0.3 is 10.1 Å². The third-order valence-electron chi connectivity index (χ3n) is 3.14. The molecule has 0 amide bonds. The Morgan fingerprint density at radius 2 is 1.95 bits per heavy atom. The van der Waals surface area contributed by atoms with Crippen molar-refractivity contribution in [2.45, 2.75) is 23.3 Å². The van der Waals surface area contributed by atoms with Gasteiger partial charge in [0.05, 0.1) is 6.61 Å². The number of halogens is 1. The van der Waals surface area contributed by atoms with E-state index >= 15 is 0 Å². The van der Waals surface area contributed by atoms with Crippen molar-refractivity contribution < 1.29 is 4.74 Å². The van der Waals surface area contributed by atoms with Gasteiger partial charge in [-0.1, -0.05) is 39.8 Å². The van der Waals surface area contributed by atoms with E-state index in [-0.39, 0.29) is 0 Å². The van der Waals surface area contributed by atoms with Gasteiger partial charge in [-0.05, 0) is 48.4 Å². The van der Waals surface area contributed by atoms with Gasteiger partial charge in [-0.15, -0.1) is 0 Å². The fourth-order valence-electron chi connectivity index (χ4n) is 1.99. The molecule has 0 spiro atoms. The van der Waals surface area contributed by atoms with Gasteiger partial charge in [-0.2, -0.15) is 0 Å². The lowest BCUT2D eigenvalue weighted by atomic mass is 10.1. The van der Waals surface area contributed by atoms with Crippen LogP contribution >= 0.6 is 27.7 Å². The number of hydrogen-bond acceptors (Lipinski definition) is 3. The van der Waals surface area contributed by atoms with Gasteiger partial charge in [-0.25, -0.2) is 0 Å². The van der Waals surface area contributed by atoms with Crippen molar-refractivity contribution in [3.05, 3.63) is 58.1 Å². The normalized spacial score (nSPS) is 10.8. The monoisotopic (exact) mass is 365 g/mol. The molecule has 2 aromatic rings. The predicted octanol–water partition coefficient (Wildman–Crippen LogP) is 4.64. The van der Waals surface area contributed by atoms with E-state index in [1.165, 1.54) is 20.9 Å². The van der Waals surface area contributed by atoms with Gasteiger partial charge in [0.25, 0.3) is 0 Å². The van der Waals surface area contributed by atoms with E-state index in [4.69, 9.17) is 4.74 Å². The van der Waals surface area contributed by atoms with E-state index in [1.807, 2.05) is 6.07 Å². The molecule has 2 nitrogen and oxygen atoms in total. The SMILES string of the molecule is COCCNCc1ccc(Sc2cccc(Br)c2)cc1C. The quantitative estimate of drug-likeness (QED) is 0.721. The van der Waals surface area contributed by atoms with Gasteiger partial charge in [0.15, 0.2) is 0 Å². The summed E-state index contributed by atoms with van der Waals surface area (Å²) in [6, 6.07) is 15.0. The number of ether oxygens (including phenoxy) is 1. The van der Waals surface area contributed by atoms with E-state index in [1.54, 1.807) is 18.9 Å². The van der Waals surface area contributed by atoms with Crippen molar-refractivity contribution in [1.29, 1.82) is 0 Å². The summed E-state index contributed by atoms with van der Waals surface area (Å²) in [6.45, 7) is 4.68. The Morgan fingerprint density at radius 1 is 1.14 bits per heavy atom. The molecule has 0 aliphatic carbocycles. The predicted molar refractivity (Wildman–Crippen MR) is 93.0 cm³/mol. The van der Waals surface area contributed by atoms with Gasteiger partial charge in [-0.3, -0.25) is 0 Å². The smallest absolute Gasteiger partial charge is 0.0587 e. The fraction of sp³-hybridized carbons (Fsp3) is 0.294. The summed E-state index contributed by atoms with van der Waals surface area (Å²) in [5.41, 5.74) is 2.66. The van der Waals surface area contributed by atoms with Gasteiger partial charge in [0, 0.05) is 34.5 Å². The molecule has 1 N–H and O–H groups in total. The molecule has 0 atom stereocenters. The number of aryl methyl sites for hydroxylation is 1. The van der Waals surface area contributed by atoms with E-state index in [2.05, 4.69) is 64.6 Å². The molecule has 0 saturated carbocycles. The Hall–Kier alpha value is -0.810. The topological polar surface area (TPSA) is 21.3 Å². The Morgan fingerprint density at radius 3 is 2.67 bits per heavy atom. The standard InChI is InChI=1S/C17H20BrNOS/c1-13-10-17(21-16-5-3-4-15(18)11-16)7-6-14(13)12-19-8-9-20-2/h3-7,10-11,19H,8-9,12H2,1-2H3. The molecule has 0 aliphatic heterocycles. The van der Waals surface area contributed by atoms with Crippen LogP contribution in [0.4, 0.5) is 0 Å². The summed E-state index contributed by atoms with van der Waals surface area (Å²) >= 11 is 5.30. The third kappa shape index (κ3) is 5.47. The molecule has 2 rings (SSSR count). The molecule has 0 heterocycles. The van der Waals surface area contributed by atoms with Crippen LogP contribution in [-0.4, -0.2) is 20.3 Å². The Kier molecular flexibility index (Phi) is 6.77. The Labute approximate surface area is 139 Å². The number of rotatable bonds is 7. The second kappa shape index (κ2) is 8.59. The van der Waals surface area contributed by atoms with Crippen LogP contribution in [0.2, 0.25) is 0 Å². The summed E-state index contributed by atoms with van der Waals surface area (Å²) in [6.07, 6.45) is 0. The minimum absolute atomic E-state index is 0.746. The molecule has 4 heteroatoms. The average Bonchev–Trinajstić information content (AvgIpc) is 2.45. The molecule has 2 aromatic carbocycles. The van der Waals surface area contributed by atoms with Gasteiger partial charge in [0.2, 0.25) is 0 Å². The van der Waals surface area contributed by atoms with Crippen molar-refractivity contribution >= 4 is 27.7 Å². The lowest BCUT2D eigenvalue weighted by molar-refractivity contribution is 0.199. The van der Waals surface area contributed by atoms with Crippen molar-refractivity contribution in [2.75, 3.05) is 20.3 Å². The van der Waals surface area contributed by atoms with Crippen molar-refractivity contribution in [1.82, 2.24) is 5.32 Å². The molecule has 0 aromatic heterocycles. The van der Waals surface area contributed by atoms with Gasteiger partial charge >= 0.3 is 0 Å². The summed E-state index contributed by atoms with van der Waals surface area (Å²) in [7, 11) is 1.72. The molecule has 0 unspecified atom stereocenters. The maximum Gasteiger partial charge on any atom is 0.0587 e. The third-order valence-corrected chi connectivity index (χ3v) is 4.62. The lowest BCUT2D eigenvalue weighted by Gasteiger charge is -2.10. The van der Waals surface area contributed by atoms with E-state index < -0.39 is 0 Å². The summed E-state index contributed by atoms with van der Waals surface area (Å²) in [5.74, 6) is 0. The van der Waals surface area contributed by atoms with Crippen LogP contribution in [0.25, 0.3) is 0 Å². The zero-order valence-electron chi connectivity index (χ0n) is 12.4. The highest BCUT2D eigenvalue weighted by Crippen LogP contribution is 2.30. The second-order valence-electron chi connectivity index (χ2n) is 4.82. The first-order valence-electron chi connectivity index (χ1n) is 6.91. The van der Waals surface area contributed by atoms with E-state index in [0.717, 1.165) is 24.2 Å². The minimum atomic E-state index is 0.746. The van der Waals surface area contributed by atoms with E-state index in [0.29, 0.717) is 0 Å². The summed E-state index contributed by atoms with van der Waals surface area (Å²) < 4.78 is 6.15. The first-order chi connectivity index (χ1) is 10.2. The lowest BCUT2D eigenvalue weighted by Crippen LogP contribution is -2.19. The zero-order valence-corrected chi connectivity index (χ0v) is 14.8. The minimum Gasteiger partial charge on any atom is -0.383 e. The van der Waals surface area contributed by atoms with Crippen LogP contribution in [0.3, 0.4) is 0 Å². The molecular formula is C17H20BrNOS. The van der Waals surface area contributed by atoms with Crippen molar-refractivity contribution in [3.63, 3.8) is 0 Å². The van der Waals surface area contributed by atoms with Crippen molar-refractivity contribution in [3.8, 4) is 0 Å². The molecule has 112 valence electrons. The Balaban J connectivity index is 1.98. The zero-order chi connectivity index (χ0) is 15.1. The first-order valence-corrected chi connectivity index (χ1v) is 8.52. The largest absolute Gasteiger partial charge is 0.383 e. The fourth-order valence-corrected chi connectivity index (χ4v) is 3.52. The van der Waals surface area contributed by atoms with Crippen LogP contribution in [-0.2, 0) is 11.3 Å². The molecule has 0 fully saturated rings. The second-order valence-corrected chi connectivity index (χ2v) is 6.88. The van der Waals surface area contributed by atoms with Crippen LogP contribution in [0.15, 0.2) is 56.7 Å². The highest BCUT2D eigenvalue weighted by Gasteiger charge is 2.02. The molecule has 21 heavy (non-hydrogen) atoms. The molecule has 0 aliphatic rings. The first kappa shape index (κ1) is 16.6. The molecule has 0 bridgehead atoms. The summed E-state index contributed by atoms with van der Waals surface area (Å²) in [4.78, 5) is 2.51. The number of benzene rings is 2. The number of hydrogen-bond donors (Lipinski definition) is 1. The van der Waals surface area contributed by atoms with Crippen LogP contribution in [0, 0.1) is 6.92 Å². The molecule has 0 saturated heterocycles. The summed E-state index contributed by atoms with van der Waals surface area (Å²) in [5, 5.41) is 3.38. The maximum absolute atomic E-state index is 5.04. The van der Waals surface area contributed by atoms with Crippen LogP contribution < -0.4 is 5.32 Å². The highest BCUT2D eigenvalue weighted by atomic mass is 79.9. The van der Waals surface area contributed by atoms with E-state index in [9.17, 15) is 0 Å². The molecular weight excluding hydrogens is 346 g/mol. The van der Waals surface area contributed by atoms with Crippen LogP contribution in [0.5, 0.6) is 0 Å². The Bertz CT molecular complexity index is 589. The average molecular weight is 366 g/mol. The molecule has 0 radical (unpaired) electrons. The van der Waals surface area contributed by atoms with Crippen LogP contribution in [0.1, 0.15) is 11.1 Å². The highest BCUT2D eigenvalue weighted by molar-refractivity contribution is 9.10.